The fourth-order valence-electron chi connectivity index (χ4n) is 9.29. The van der Waals surface area contributed by atoms with Gasteiger partial charge in [0.2, 0.25) is 5.91 Å². The topological polar surface area (TPSA) is 65.0 Å². The number of fused-ring (bicyclic) bond motifs is 2. The van der Waals surface area contributed by atoms with Crippen LogP contribution in [0.2, 0.25) is 0 Å². The van der Waals surface area contributed by atoms with Gasteiger partial charge >= 0.3 is 0 Å². The summed E-state index contributed by atoms with van der Waals surface area (Å²) >= 11 is 0. The molecule has 0 aromatic rings. The highest BCUT2D eigenvalue weighted by atomic mass is 16.5. The molecule has 0 radical (unpaired) electrons. The number of amides is 1. The molecule has 0 aromatic heterocycles. The molecule has 3 aliphatic carbocycles. The van der Waals surface area contributed by atoms with Crippen LogP contribution in [0.25, 0.3) is 0 Å². The normalized spacial score (nSPS) is 32.9. The first kappa shape index (κ1) is 30.6. The van der Waals surface area contributed by atoms with Crippen molar-refractivity contribution in [2.45, 2.75) is 115 Å². The first-order valence-corrected chi connectivity index (χ1v) is 17.5. The van der Waals surface area contributed by atoms with E-state index >= 15 is 0 Å². The zero-order valence-electron chi connectivity index (χ0n) is 26.3. The van der Waals surface area contributed by atoms with Gasteiger partial charge in [-0.25, -0.2) is 0 Å². The maximum Gasteiger partial charge on any atom is 0.222 e. The van der Waals surface area contributed by atoms with Gasteiger partial charge in [-0.15, -0.1) is 0 Å². The molecule has 1 spiro atoms. The predicted octanol–water partition coefficient (Wildman–Crippen LogP) is 5.63. The number of nitrogens with zero attached hydrogens (tertiary/aromatic N) is 2. The maximum absolute atomic E-state index is 13.1. The number of β-amino-alcohol motifs (C(OH)–C–C–N with tert-alkyl or cyclic N) is 1. The number of hydrogen-bond donors (Lipinski definition) is 2. The van der Waals surface area contributed by atoms with Gasteiger partial charge in [0, 0.05) is 44.6 Å². The molecule has 3 heterocycles. The molecule has 5 atom stereocenters. The monoisotopic (exact) mass is 579 g/mol. The van der Waals surface area contributed by atoms with Crippen LogP contribution in [0.15, 0.2) is 35.5 Å². The highest BCUT2D eigenvalue weighted by molar-refractivity contribution is 5.76. The Kier molecular flexibility index (Phi) is 10.3. The lowest BCUT2D eigenvalue weighted by atomic mass is 9.64. The van der Waals surface area contributed by atoms with Gasteiger partial charge < -0.3 is 25.0 Å². The zero-order valence-corrected chi connectivity index (χ0v) is 26.3. The molecule has 6 rings (SSSR count). The Morgan fingerprint density at radius 3 is 2.64 bits per heavy atom. The van der Waals surface area contributed by atoms with Crippen molar-refractivity contribution in [3.8, 4) is 0 Å². The summed E-state index contributed by atoms with van der Waals surface area (Å²) in [6, 6.07) is 0.680. The number of likely N-dealkylation sites (tertiary alicyclic amines) is 2. The van der Waals surface area contributed by atoms with E-state index in [1.165, 1.54) is 50.6 Å². The number of aliphatic hydroxyl groups is 1. The average Bonchev–Trinajstić information content (AvgIpc) is 3.39. The number of carbonyl (C=O) groups excluding carboxylic acids is 1. The molecular formula is C36H57N3O3. The van der Waals surface area contributed by atoms with Crippen LogP contribution in [0, 0.1) is 23.2 Å². The summed E-state index contributed by atoms with van der Waals surface area (Å²) in [5, 5.41) is 15.0. The molecule has 1 amide bonds. The van der Waals surface area contributed by atoms with Gasteiger partial charge in [-0.1, -0.05) is 35.5 Å². The number of carbonyl (C=O) groups is 1. The van der Waals surface area contributed by atoms with Crippen LogP contribution in [-0.4, -0.2) is 84.9 Å². The van der Waals surface area contributed by atoms with Gasteiger partial charge in [0.15, 0.2) is 0 Å². The number of allylic oxidation sites excluding steroid dienone is 4. The Labute approximate surface area is 255 Å². The summed E-state index contributed by atoms with van der Waals surface area (Å²) < 4.78 is 6.31. The summed E-state index contributed by atoms with van der Waals surface area (Å²) in [7, 11) is 0. The molecule has 0 aromatic carbocycles. The second-order valence-electron chi connectivity index (χ2n) is 14.7. The number of aliphatic hydroxyl groups excluding tert-OH is 1. The highest BCUT2D eigenvalue weighted by Gasteiger charge is 2.50. The van der Waals surface area contributed by atoms with E-state index in [2.05, 4.69) is 46.3 Å². The second kappa shape index (κ2) is 14.1. The van der Waals surface area contributed by atoms with Gasteiger partial charge in [-0.05, 0) is 121 Å². The standard InChI is InChI=1S/C36H57N3O3/c1-27-7-5-12-32-35(27)36(26-37-32)17-21-38(22-18-36)24-33(40)30-15-19-39(20-16-30)34(41)14-13-28-10-6-11-31(23-28)42-25-29-8-3-2-4-9-29/h2-3,7,10,29-33,35,37,40H,4-6,8-9,11-26H2,1H3/t29?,31?,32?,33-,35-/m1/s1. The van der Waals surface area contributed by atoms with Crippen molar-refractivity contribution in [2.24, 2.45) is 23.2 Å². The number of hydrogen-bond acceptors (Lipinski definition) is 5. The Morgan fingerprint density at radius 1 is 1.05 bits per heavy atom. The smallest absolute Gasteiger partial charge is 0.222 e. The van der Waals surface area contributed by atoms with Crippen LogP contribution < -0.4 is 5.32 Å². The largest absolute Gasteiger partial charge is 0.392 e. The van der Waals surface area contributed by atoms with E-state index in [0.29, 0.717) is 41.7 Å². The molecule has 3 fully saturated rings. The van der Waals surface area contributed by atoms with Crippen LogP contribution in [0.3, 0.4) is 0 Å². The lowest BCUT2D eigenvalue weighted by Crippen LogP contribution is -2.49. The van der Waals surface area contributed by atoms with Crippen LogP contribution >= 0.6 is 0 Å². The third kappa shape index (κ3) is 7.25. The quantitative estimate of drug-likeness (QED) is 0.347. The van der Waals surface area contributed by atoms with Crippen molar-refractivity contribution in [2.75, 3.05) is 45.9 Å². The van der Waals surface area contributed by atoms with Crippen LogP contribution in [0.4, 0.5) is 0 Å². The van der Waals surface area contributed by atoms with E-state index in [1.807, 2.05) is 0 Å². The zero-order chi connectivity index (χ0) is 28.9. The predicted molar refractivity (Wildman–Crippen MR) is 169 cm³/mol. The molecule has 3 saturated heterocycles. The summed E-state index contributed by atoms with van der Waals surface area (Å²) in [6.45, 7) is 9.00. The molecular weight excluding hydrogens is 522 g/mol. The van der Waals surface area contributed by atoms with E-state index in [1.54, 1.807) is 5.57 Å². The first-order chi connectivity index (χ1) is 20.5. The number of piperidine rings is 2. The van der Waals surface area contributed by atoms with E-state index in [4.69, 9.17) is 4.74 Å². The Morgan fingerprint density at radius 2 is 1.86 bits per heavy atom. The molecule has 3 aliphatic heterocycles. The molecule has 6 aliphatic rings. The van der Waals surface area contributed by atoms with E-state index in [9.17, 15) is 9.90 Å². The van der Waals surface area contributed by atoms with Gasteiger partial charge in [0.1, 0.15) is 0 Å². The number of ether oxygens (including phenoxy) is 1. The van der Waals surface area contributed by atoms with Gasteiger partial charge in [-0.2, -0.15) is 0 Å². The fourth-order valence-corrected chi connectivity index (χ4v) is 9.29. The highest BCUT2D eigenvalue weighted by Crippen LogP contribution is 2.50. The second-order valence-corrected chi connectivity index (χ2v) is 14.7. The van der Waals surface area contributed by atoms with E-state index < -0.39 is 0 Å². The van der Waals surface area contributed by atoms with Gasteiger partial charge in [0.25, 0.3) is 0 Å². The Hall–Kier alpha value is -1.47. The third-order valence-corrected chi connectivity index (χ3v) is 12.0. The molecule has 3 unspecified atom stereocenters. The van der Waals surface area contributed by atoms with Crippen molar-refractivity contribution in [1.82, 2.24) is 15.1 Å². The number of nitrogens with one attached hydrogen (secondary N) is 1. The molecule has 6 heteroatoms. The molecule has 6 nitrogen and oxygen atoms in total. The third-order valence-electron chi connectivity index (χ3n) is 12.0. The van der Waals surface area contributed by atoms with Crippen LogP contribution in [-0.2, 0) is 9.53 Å². The Bertz CT molecular complexity index is 1000. The molecule has 0 bridgehead atoms. The maximum atomic E-state index is 13.1. The lowest BCUT2D eigenvalue weighted by molar-refractivity contribution is -0.133. The summed E-state index contributed by atoms with van der Waals surface area (Å²) in [5.74, 6) is 2.00. The van der Waals surface area contributed by atoms with Gasteiger partial charge in [-0.3, -0.25) is 4.79 Å². The first-order valence-electron chi connectivity index (χ1n) is 17.5. The number of rotatable bonds is 9. The molecule has 234 valence electrons. The summed E-state index contributed by atoms with van der Waals surface area (Å²) in [5.41, 5.74) is 3.45. The van der Waals surface area contributed by atoms with Crippen molar-refractivity contribution >= 4 is 5.91 Å². The average molecular weight is 580 g/mol. The van der Waals surface area contributed by atoms with Crippen molar-refractivity contribution < 1.29 is 14.6 Å². The van der Waals surface area contributed by atoms with Gasteiger partial charge in [0.05, 0.1) is 18.8 Å². The van der Waals surface area contributed by atoms with E-state index in [-0.39, 0.29) is 12.0 Å². The fraction of sp³-hybridized carbons (Fsp3) is 0.806. The SMILES string of the molecule is CC1=CCCC2NCC3(CCN(C[C@@H](O)C4CCN(C(=O)CCC5=CCCC(OCC6CC=CCC6)C5)CC4)CC3)[C@H]12. The minimum Gasteiger partial charge on any atom is -0.392 e. The lowest BCUT2D eigenvalue weighted by Gasteiger charge is -2.45. The minimum atomic E-state index is -0.281. The summed E-state index contributed by atoms with van der Waals surface area (Å²) in [6.07, 6.45) is 24.6. The van der Waals surface area contributed by atoms with Crippen molar-refractivity contribution in [1.29, 1.82) is 0 Å². The van der Waals surface area contributed by atoms with Crippen LogP contribution in [0.5, 0.6) is 0 Å². The molecule has 2 N–H and O–H groups in total. The minimum absolute atomic E-state index is 0.281. The summed E-state index contributed by atoms with van der Waals surface area (Å²) in [4.78, 5) is 17.7. The molecule has 42 heavy (non-hydrogen) atoms. The van der Waals surface area contributed by atoms with E-state index in [0.717, 1.165) is 84.3 Å². The Balaban J connectivity index is 0.876. The van der Waals surface area contributed by atoms with Crippen LogP contribution in [0.1, 0.15) is 96.8 Å². The van der Waals surface area contributed by atoms with Crippen molar-refractivity contribution in [3.63, 3.8) is 0 Å². The molecule has 0 saturated carbocycles. The van der Waals surface area contributed by atoms with Crippen molar-refractivity contribution in [3.05, 3.63) is 35.5 Å².